The number of ether oxygens (including phenoxy) is 1. The van der Waals surface area contributed by atoms with Gasteiger partial charge in [-0.15, -0.1) is 11.3 Å². The van der Waals surface area contributed by atoms with Gasteiger partial charge in [-0.25, -0.2) is 9.59 Å². The van der Waals surface area contributed by atoms with Gasteiger partial charge in [-0.2, -0.15) is 0 Å². The number of carboxylic acid groups (broad SMARTS) is 1. The Balaban J connectivity index is 2.53. The van der Waals surface area contributed by atoms with Crippen LogP contribution >= 0.6 is 11.3 Å². The maximum atomic E-state index is 11.4. The van der Waals surface area contributed by atoms with E-state index in [9.17, 15) is 14.7 Å². The molecule has 98 valence electrons. The molecule has 2 aromatic rings. The molecule has 0 spiro atoms. The average molecular weight is 276 g/mol. The second-order valence-electron chi connectivity index (χ2n) is 3.99. The van der Waals surface area contributed by atoms with Gasteiger partial charge in [0.1, 0.15) is 4.88 Å². The predicted molar refractivity (Wildman–Crippen MR) is 72.8 cm³/mol. The Bertz CT molecular complexity index is 643. The summed E-state index contributed by atoms with van der Waals surface area (Å²) >= 11 is 1.24. The van der Waals surface area contributed by atoms with Gasteiger partial charge in [0.15, 0.2) is 0 Å². The first-order valence-corrected chi connectivity index (χ1v) is 6.42. The van der Waals surface area contributed by atoms with Gasteiger partial charge in [-0.3, -0.25) is 0 Å². The van der Waals surface area contributed by atoms with Crippen LogP contribution in [0.15, 0.2) is 29.6 Å². The molecule has 5 heteroatoms. The van der Waals surface area contributed by atoms with E-state index in [1.807, 2.05) is 0 Å². The van der Waals surface area contributed by atoms with E-state index >= 15 is 0 Å². The molecule has 4 nitrogen and oxygen atoms in total. The summed E-state index contributed by atoms with van der Waals surface area (Å²) in [5.41, 5.74) is 2.28. The number of carboxylic acids is 1. The lowest BCUT2D eigenvalue weighted by atomic mass is 9.98. The summed E-state index contributed by atoms with van der Waals surface area (Å²) in [6.07, 6.45) is 0. The third kappa shape index (κ3) is 2.51. The Hall–Kier alpha value is -2.14. The zero-order valence-corrected chi connectivity index (χ0v) is 11.3. The Kier molecular flexibility index (Phi) is 3.66. The van der Waals surface area contributed by atoms with Crippen molar-refractivity contribution in [3.05, 3.63) is 45.6 Å². The molecule has 0 amide bonds. The molecule has 0 saturated carbocycles. The molecule has 0 atom stereocenters. The van der Waals surface area contributed by atoms with Crippen LogP contribution in [0.4, 0.5) is 0 Å². The summed E-state index contributed by atoms with van der Waals surface area (Å²) in [6, 6.07) is 6.93. The highest BCUT2D eigenvalue weighted by Crippen LogP contribution is 2.30. The smallest absolute Gasteiger partial charge is 0.348 e. The van der Waals surface area contributed by atoms with E-state index in [0.717, 1.165) is 0 Å². The lowest BCUT2D eigenvalue weighted by Gasteiger charge is -2.06. The monoisotopic (exact) mass is 276 g/mol. The molecule has 1 aromatic heterocycles. The van der Waals surface area contributed by atoms with Gasteiger partial charge in [0.05, 0.1) is 12.7 Å². The molecule has 1 heterocycles. The average Bonchev–Trinajstić information content (AvgIpc) is 2.86. The maximum Gasteiger partial charge on any atom is 0.348 e. The molecule has 0 aliphatic carbocycles. The molecule has 1 aromatic carbocycles. The fourth-order valence-electron chi connectivity index (χ4n) is 1.88. The van der Waals surface area contributed by atoms with Crippen LogP contribution in [0.2, 0.25) is 0 Å². The van der Waals surface area contributed by atoms with Crippen LogP contribution in [0.1, 0.15) is 25.6 Å². The minimum absolute atomic E-state index is 0.261. The molecule has 1 N–H and O–H groups in total. The number of carbonyl (C=O) groups is 2. The van der Waals surface area contributed by atoms with Crippen molar-refractivity contribution >= 4 is 23.3 Å². The first-order chi connectivity index (χ1) is 9.04. The van der Waals surface area contributed by atoms with Crippen LogP contribution in [0.3, 0.4) is 0 Å². The molecule has 0 aliphatic heterocycles. The van der Waals surface area contributed by atoms with E-state index in [1.54, 1.807) is 36.6 Å². The van der Waals surface area contributed by atoms with Crippen molar-refractivity contribution in [3.8, 4) is 11.1 Å². The lowest BCUT2D eigenvalue weighted by molar-refractivity contribution is 0.0605. The quantitative estimate of drug-likeness (QED) is 0.874. The van der Waals surface area contributed by atoms with Gasteiger partial charge < -0.3 is 9.84 Å². The molecule has 0 aliphatic rings. The van der Waals surface area contributed by atoms with E-state index in [2.05, 4.69) is 4.74 Å². The van der Waals surface area contributed by atoms with Crippen LogP contribution in [-0.4, -0.2) is 24.2 Å². The van der Waals surface area contributed by atoms with Crippen LogP contribution in [0.25, 0.3) is 11.1 Å². The molecule has 0 bridgehead atoms. The van der Waals surface area contributed by atoms with Crippen molar-refractivity contribution in [1.29, 1.82) is 0 Å². The van der Waals surface area contributed by atoms with Crippen LogP contribution < -0.4 is 0 Å². The number of aryl methyl sites for hydroxylation is 1. The summed E-state index contributed by atoms with van der Waals surface area (Å²) in [7, 11) is 1.32. The number of methoxy groups -OCH3 is 1. The Labute approximate surface area is 114 Å². The highest BCUT2D eigenvalue weighted by atomic mass is 32.1. The van der Waals surface area contributed by atoms with Crippen LogP contribution in [0.5, 0.6) is 0 Å². The Morgan fingerprint density at radius 2 is 2.05 bits per heavy atom. The van der Waals surface area contributed by atoms with Crippen LogP contribution in [-0.2, 0) is 4.74 Å². The molecule has 0 saturated heterocycles. The van der Waals surface area contributed by atoms with E-state index in [1.165, 1.54) is 18.4 Å². The van der Waals surface area contributed by atoms with Crippen molar-refractivity contribution in [2.75, 3.05) is 7.11 Å². The molecule has 0 unspecified atom stereocenters. The minimum atomic E-state index is -0.973. The second kappa shape index (κ2) is 5.24. The zero-order valence-electron chi connectivity index (χ0n) is 10.5. The van der Waals surface area contributed by atoms with Gasteiger partial charge in [0, 0.05) is 0 Å². The summed E-state index contributed by atoms with van der Waals surface area (Å²) in [5.74, 6) is -1.39. The zero-order chi connectivity index (χ0) is 14.0. The number of esters is 1. The third-order valence-corrected chi connectivity index (χ3v) is 3.69. The van der Waals surface area contributed by atoms with Gasteiger partial charge >= 0.3 is 11.9 Å². The highest BCUT2D eigenvalue weighted by Gasteiger charge is 2.17. The fourth-order valence-corrected chi connectivity index (χ4v) is 2.70. The summed E-state index contributed by atoms with van der Waals surface area (Å²) in [6.45, 7) is 1.75. The van der Waals surface area contributed by atoms with Gasteiger partial charge in [0.2, 0.25) is 0 Å². The number of rotatable bonds is 3. The highest BCUT2D eigenvalue weighted by molar-refractivity contribution is 7.12. The Morgan fingerprint density at radius 1 is 1.32 bits per heavy atom. The molecular weight excluding hydrogens is 264 g/mol. The SMILES string of the molecule is COC(=O)c1cc(-c2cccc(C)c2C(=O)O)cs1. The molecular formula is C14H12O4S. The van der Waals surface area contributed by atoms with E-state index < -0.39 is 11.9 Å². The van der Waals surface area contributed by atoms with Crippen molar-refractivity contribution in [2.45, 2.75) is 6.92 Å². The number of carbonyl (C=O) groups excluding carboxylic acids is 1. The van der Waals surface area contributed by atoms with Crippen molar-refractivity contribution in [3.63, 3.8) is 0 Å². The topological polar surface area (TPSA) is 63.6 Å². The van der Waals surface area contributed by atoms with Crippen molar-refractivity contribution in [1.82, 2.24) is 0 Å². The first kappa shape index (κ1) is 13.3. The summed E-state index contributed by atoms with van der Waals surface area (Å²) < 4.78 is 4.64. The van der Waals surface area contributed by atoms with Crippen molar-refractivity contribution in [2.24, 2.45) is 0 Å². The number of hydrogen-bond donors (Lipinski definition) is 1. The second-order valence-corrected chi connectivity index (χ2v) is 4.91. The summed E-state index contributed by atoms with van der Waals surface area (Å²) in [4.78, 5) is 23.2. The number of aromatic carboxylic acids is 1. The lowest BCUT2D eigenvalue weighted by Crippen LogP contribution is -2.02. The normalized spacial score (nSPS) is 10.2. The van der Waals surface area contributed by atoms with Crippen molar-refractivity contribution < 1.29 is 19.4 Å². The van der Waals surface area contributed by atoms with Gasteiger partial charge in [-0.05, 0) is 35.1 Å². The molecule has 2 rings (SSSR count). The van der Waals surface area contributed by atoms with Gasteiger partial charge in [-0.1, -0.05) is 18.2 Å². The number of thiophene rings is 1. The van der Waals surface area contributed by atoms with E-state index in [0.29, 0.717) is 21.6 Å². The maximum absolute atomic E-state index is 11.4. The standard InChI is InChI=1S/C14H12O4S/c1-8-4-3-5-10(12(8)13(15)16)9-6-11(19-7-9)14(17)18-2/h3-7H,1-2H3,(H,15,16). The molecule has 0 radical (unpaired) electrons. The largest absolute Gasteiger partial charge is 0.478 e. The van der Waals surface area contributed by atoms with Crippen LogP contribution in [0, 0.1) is 6.92 Å². The van der Waals surface area contributed by atoms with Gasteiger partial charge in [0.25, 0.3) is 0 Å². The number of benzene rings is 1. The first-order valence-electron chi connectivity index (χ1n) is 5.54. The van der Waals surface area contributed by atoms with E-state index in [4.69, 9.17) is 0 Å². The predicted octanol–water partition coefficient (Wildman–Crippen LogP) is 3.21. The molecule has 19 heavy (non-hydrogen) atoms. The van der Waals surface area contributed by atoms with E-state index in [-0.39, 0.29) is 5.56 Å². The molecule has 0 fully saturated rings. The third-order valence-electron chi connectivity index (χ3n) is 2.78. The minimum Gasteiger partial charge on any atom is -0.478 e. The Morgan fingerprint density at radius 3 is 2.68 bits per heavy atom. The number of hydrogen-bond acceptors (Lipinski definition) is 4. The summed E-state index contributed by atoms with van der Waals surface area (Å²) in [5, 5.41) is 11.0. The fraction of sp³-hybridized carbons (Fsp3) is 0.143.